The molecule has 0 radical (unpaired) electrons. The van der Waals surface area contributed by atoms with Crippen molar-refractivity contribution in [3.05, 3.63) is 34.3 Å². The molecule has 2 unspecified atom stereocenters. The van der Waals surface area contributed by atoms with Crippen molar-refractivity contribution in [2.75, 3.05) is 6.54 Å². The van der Waals surface area contributed by atoms with Gasteiger partial charge in [-0.05, 0) is 43.5 Å². The van der Waals surface area contributed by atoms with Crippen molar-refractivity contribution in [2.45, 2.75) is 53.1 Å². The lowest BCUT2D eigenvalue weighted by Crippen LogP contribution is -2.26. The summed E-state index contributed by atoms with van der Waals surface area (Å²) in [4.78, 5) is 11.8. The Morgan fingerprint density at radius 2 is 2.05 bits per heavy atom. The van der Waals surface area contributed by atoms with Crippen molar-refractivity contribution >= 4 is 11.1 Å². The van der Waals surface area contributed by atoms with Gasteiger partial charge in [-0.1, -0.05) is 33.3 Å². The zero-order chi connectivity index (χ0) is 15.4. The number of oxazole rings is 1. The van der Waals surface area contributed by atoms with Crippen LogP contribution in [0.25, 0.3) is 11.1 Å². The summed E-state index contributed by atoms with van der Waals surface area (Å²) in [7, 11) is 0. The quantitative estimate of drug-likeness (QED) is 0.845. The number of hydrogen-bond acceptors (Lipinski definition) is 3. The van der Waals surface area contributed by atoms with Crippen LogP contribution in [0.15, 0.2) is 27.4 Å². The molecule has 4 heteroatoms. The van der Waals surface area contributed by atoms with Crippen molar-refractivity contribution < 1.29 is 4.42 Å². The zero-order valence-corrected chi connectivity index (χ0v) is 13.5. The van der Waals surface area contributed by atoms with Gasteiger partial charge >= 0.3 is 5.76 Å². The summed E-state index contributed by atoms with van der Waals surface area (Å²) in [5.74, 6) is 0.277. The minimum atomic E-state index is -0.272. The first-order chi connectivity index (χ1) is 10.1. The number of nitrogens with zero attached hydrogens (tertiary/aromatic N) is 1. The number of rotatable bonds is 7. The van der Waals surface area contributed by atoms with E-state index in [1.54, 1.807) is 4.57 Å². The van der Waals surface area contributed by atoms with Crippen LogP contribution in [0.3, 0.4) is 0 Å². The molecule has 0 fully saturated rings. The molecule has 2 rings (SSSR count). The summed E-state index contributed by atoms with van der Waals surface area (Å²) in [5, 5.41) is 3.56. The monoisotopic (exact) mass is 290 g/mol. The maximum Gasteiger partial charge on any atom is 0.419 e. The first kappa shape index (κ1) is 15.8. The van der Waals surface area contributed by atoms with E-state index in [9.17, 15) is 4.79 Å². The van der Waals surface area contributed by atoms with Gasteiger partial charge in [0.1, 0.15) is 0 Å². The number of fused-ring (bicyclic) bond motifs is 1. The first-order valence-corrected chi connectivity index (χ1v) is 7.99. The fourth-order valence-electron chi connectivity index (χ4n) is 3.07. The van der Waals surface area contributed by atoms with Gasteiger partial charge in [-0.25, -0.2) is 4.79 Å². The molecule has 2 aromatic rings. The molecule has 4 nitrogen and oxygen atoms in total. The molecule has 1 heterocycles. The lowest BCUT2D eigenvalue weighted by atomic mass is 9.91. The van der Waals surface area contributed by atoms with E-state index in [2.05, 4.69) is 32.2 Å². The van der Waals surface area contributed by atoms with E-state index >= 15 is 0 Å². The lowest BCUT2D eigenvalue weighted by Gasteiger charge is -2.25. The van der Waals surface area contributed by atoms with E-state index in [1.165, 1.54) is 18.4 Å². The highest BCUT2D eigenvalue weighted by atomic mass is 16.4. The van der Waals surface area contributed by atoms with Crippen LogP contribution in [0.5, 0.6) is 0 Å². The second-order valence-electron chi connectivity index (χ2n) is 5.64. The molecule has 0 bridgehead atoms. The number of aromatic nitrogens is 1. The van der Waals surface area contributed by atoms with E-state index in [-0.39, 0.29) is 5.76 Å². The molecular weight excluding hydrogens is 264 g/mol. The van der Waals surface area contributed by atoms with Crippen LogP contribution in [0.4, 0.5) is 0 Å². The topological polar surface area (TPSA) is 47.2 Å². The zero-order valence-electron chi connectivity index (χ0n) is 13.5. The Bertz CT molecular complexity index is 642. The Labute approximate surface area is 126 Å². The van der Waals surface area contributed by atoms with Gasteiger partial charge in [-0.2, -0.15) is 0 Å². The average molecular weight is 290 g/mol. The molecule has 116 valence electrons. The lowest BCUT2D eigenvalue weighted by molar-refractivity contribution is 0.369. The Morgan fingerprint density at radius 3 is 2.67 bits per heavy atom. The van der Waals surface area contributed by atoms with Crippen molar-refractivity contribution in [2.24, 2.45) is 5.92 Å². The van der Waals surface area contributed by atoms with Gasteiger partial charge in [0.2, 0.25) is 0 Å². The molecule has 0 aliphatic carbocycles. The van der Waals surface area contributed by atoms with Crippen molar-refractivity contribution in [3.63, 3.8) is 0 Å². The summed E-state index contributed by atoms with van der Waals surface area (Å²) >= 11 is 0. The molecule has 0 aliphatic heterocycles. The normalized spacial score (nSPS) is 14.5. The maximum atomic E-state index is 11.8. The van der Waals surface area contributed by atoms with Crippen LogP contribution in [0, 0.1) is 5.92 Å². The Balaban J connectivity index is 2.42. The van der Waals surface area contributed by atoms with Crippen LogP contribution in [-0.2, 0) is 6.54 Å². The van der Waals surface area contributed by atoms with Gasteiger partial charge in [-0.3, -0.25) is 4.57 Å². The van der Waals surface area contributed by atoms with Crippen LogP contribution in [0.2, 0.25) is 0 Å². The fourth-order valence-corrected chi connectivity index (χ4v) is 3.07. The summed E-state index contributed by atoms with van der Waals surface area (Å²) < 4.78 is 7.04. The third-order valence-corrected chi connectivity index (χ3v) is 4.10. The maximum absolute atomic E-state index is 11.8. The molecule has 1 N–H and O–H groups in total. The van der Waals surface area contributed by atoms with Crippen LogP contribution in [-0.4, -0.2) is 11.1 Å². The van der Waals surface area contributed by atoms with Gasteiger partial charge < -0.3 is 9.73 Å². The van der Waals surface area contributed by atoms with E-state index in [0.29, 0.717) is 24.1 Å². The SMILES string of the molecule is CCCC(C)C(NCC)c1ccc2c(c1)oc(=O)n2CC. The molecule has 0 amide bonds. The Morgan fingerprint density at radius 1 is 1.29 bits per heavy atom. The van der Waals surface area contributed by atoms with Crippen LogP contribution in [0.1, 0.15) is 52.1 Å². The predicted octanol–water partition coefficient (Wildman–Crippen LogP) is 3.70. The molecule has 0 spiro atoms. The second-order valence-corrected chi connectivity index (χ2v) is 5.64. The smallest absolute Gasteiger partial charge is 0.408 e. The highest BCUT2D eigenvalue weighted by Crippen LogP contribution is 2.28. The number of hydrogen-bond donors (Lipinski definition) is 1. The van der Waals surface area contributed by atoms with Crippen LogP contribution < -0.4 is 11.1 Å². The van der Waals surface area contributed by atoms with Crippen LogP contribution >= 0.6 is 0 Å². The van der Waals surface area contributed by atoms with E-state index in [4.69, 9.17) is 4.42 Å². The first-order valence-electron chi connectivity index (χ1n) is 7.99. The predicted molar refractivity (Wildman–Crippen MR) is 86.6 cm³/mol. The van der Waals surface area contributed by atoms with Crippen molar-refractivity contribution in [1.82, 2.24) is 9.88 Å². The molecule has 1 aromatic carbocycles. The average Bonchev–Trinajstić information content (AvgIpc) is 2.79. The summed E-state index contributed by atoms with van der Waals surface area (Å²) in [6.07, 6.45) is 2.35. The number of nitrogens with one attached hydrogen (secondary N) is 1. The Hall–Kier alpha value is -1.55. The Kier molecular flexibility index (Phi) is 5.23. The van der Waals surface area contributed by atoms with Crippen molar-refractivity contribution in [1.29, 1.82) is 0 Å². The minimum Gasteiger partial charge on any atom is -0.408 e. The van der Waals surface area contributed by atoms with Gasteiger partial charge in [0.25, 0.3) is 0 Å². The van der Waals surface area contributed by atoms with Gasteiger partial charge in [0.15, 0.2) is 5.58 Å². The highest BCUT2D eigenvalue weighted by Gasteiger charge is 2.19. The summed E-state index contributed by atoms with van der Waals surface area (Å²) in [6.45, 7) is 10.1. The molecule has 0 saturated carbocycles. The van der Waals surface area contributed by atoms with E-state index < -0.39 is 0 Å². The number of benzene rings is 1. The molecule has 21 heavy (non-hydrogen) atoms. The highest BCUT2D eigenvalue weighted by molar-refractivity contribution is 5.74. The summed E-state index contributed by atoms with van der Waals surface area (Å²) in [6, 6.07) is 6.43. The number of aryl methyl sites for hydroxylation is 1. The van der Waals surface area contributed by atoms with Crippen molar-refractivity contribution in [3.8, 4) is 0 Å². The molecule has 2 atom stereocenters. The largest absolute Gasteiger partial charge is 0.419 e. The molecular formula is C17H26N2O2. The molecule has 0 aliphatic rings. The van der Waals surface area contributed by atoms with E-state index in [0.717, 1.165) is 12.1 Å². The summed E-state index contributed by atoms with van der Waals surface area (Å²) in [5.41, 5.74) is 2.76. The van der Waals surface area contributed by atoms with E-state index in [1.807, 2.05) is 19.1 Å². The minimum absolute atomic E-state index is 0.272. The fraction of sp³-hybridized carbons (Fsp3) is 0.588. The van der Waals surface area contributed by atoms with Gasteiger partial charge in [0, 0.05) is 12.6 Å². The standard InChI is InChI=1S/C17H26N2O2/c1-5-8-12(4)16(18-6-2)13-9-10-14-15(11-13)21-17(20)19(14)7-3/h9-12,16,18H,5-8H2,1-4H3. The van der Waals surface area contributed by atoms with Gasteiger partial charge in [0.05, 0.1) is 5.52 Å². The third-order valence-electron chi connectivity index (χ3n) is 4.10. The molecule has 0 saturated heterocycles. The van der Waals surface area contributed by atoms with Gasteiger partial charge in [-0.15, -0.1) is 0 Å². The third kappa shape index (κ3) is 3.21. The molecule has 1 aromatic heterocycles. The second kappa shape index (κ2) is 6.94.